The number of hydrogen-bond donors (Lipinski definition) is 1. The topological polar surface area (TPSA) is 20.2 Å². The first-order valence-corrected chi connectivity index (χ1v) is 1.52. The second-order valence-corrected chi connectivity index (χ2v) is 0.724. The van der Waals surface area contributed by atoms with E-state index < -0.39 is 0 Å². The van der Waals surface area contributed by atoms with Crippen molar-refractivity contribution >= 4 is 25.8 Å². The van der Waals surface area contributed by atoms with Crippen molar-refractivity contribution in [3.8, 4) is 0 Å². The van der Waals surface area contributed by atoms with Gasteiger partial charge in [-0.15, -0.1) is 0 Å². The molecular weight excluding hydrogens is 167 g/mol. The van der Waals surface area contributed by atoms with E-state index in [1.165, 1.54) is 0 Å². The Balaban J connectivity index is 0. The fraction of sp³-hybridized carbons (Fsp3) is 1.00. The summed E-state index contributed by atoms with van der Waals surface area (Å²) in [4.78, 5) is 0. The molecule has 0 fully saturated rings. The van der Waals surface area contributed by atoms with Gasteiger partial charge in [0.1, 0.15) is 0 Å². The third-order valence-corrected chi connectivity index (χ3v) is 0.224. The zero-order chi connectivity index (χ0) is 3.41. The second-order valence-electron chi connectivity index (χ2n) is 0.724. The number of hydrogen-bond acceptors (Lipinski definition) is 1. The average molecular weight is 178 g/mol. The molecule has 0 aliphatic rings. The maximum absolute atomic E-state index is 7.88. The molecule has 0 unspecified atom stereocenters. The molecule has 1 N–H and O–H groups in total. The third kappa shape index (κ3) is 11.6. The molecule has 0 aromatic heterocycles. The van der Waals surface area contributed by atoms with E-state index in [4.69, 9.17) is 5.11 Å². The predicted octanol–water partition coefficient (Wildman–Crippen LogP) is -0.795. The van der Waals surface area contributed by atoms with Crippen molar-refractivity contribution < 1.29 is 5.11 Å². The molecule has 0 amide bonds. The average Bonchev–Trinajstić information content (AvgIpc) is 1.37. The summed E-state index contributed by atoms with van der Waals surface area (Å²) in [6.45, 7) is 2.25. The monoisotopic (exact) mass is 178 g/mol. The van der Waals surface area contributed by atoms with Gasteiger partial charge in [-0.1, -0.05) is 6.92 Å². The summed E-state index contributed by atoms with van der Waals surface area (Å²) < 4.78 is 0. The molecule has 0 aromatic rings. The van der Waals surface area contributed by atoms with Crippen LogP contribution in [0.4, 0.5) is 0 Å². The van der Waals surface area contributed by atoms with Crippen LogP contribution in [0.25, 0.3) is 0 Å². The summed E-state index contributed by atoms with van der Waals surface area (Å²) in [5, 5.41) is 7.88. The van der Waals surface area contributed by atoms with Crippen LogP contribution in [0.15, 0.2) is 0 Å². The second kappa shape index (κ2) is 8.85. The van der Waals surface area contributed by atoms with Crippen molar-refractivity contribution in [2.75, 3.05) is 6.61 Å². The van der Waals surface area contributed by atoms with E-state index in [-0.39, 0.29) is 25.8 Å². The maximum atomic E-state index is 7.88. The van der Waals surface area contributed by atoms with Crippen molar-refractivity contribution in [1.29, 1.82) is 0 Å². The Bertz CT molecular complexity index is 8.85. The van der Waals surface area contributed by atoms with Gasteiger partial charge in [0.25, 0.3) is 0 Å². The summed E-state index contributed by atoms with van der Waals surface area (Å²) in [5.74, 6) is 0. The van der Waals surface area contributed by atoms with Gasteiger partial charge in [-0.3, -0.25) is 0 Å². The van der Waals surface area contributed by atoms with E-state index >= 15 is 0 Å². The Morgan fingerprint density at radius 1 is 1.60 bits per heavy atom. The Hall–Kier alpha value is 0.830. The Morgan fingerprint density at radius 3 is 1.80 bits per heavy atom. The van der Waals surface area contributed by atoms with Gasteiger partial charge < -0.3 is 5.11 Å². The van der Waals surface area contributed by atoms with Gasteiger partial charge in [0.2, 0.25) is 0 Å². The minimum atomic E-state index is 0. The van der Waals surface area contributed by atoms with Crippen LogP contribution in [0, 0.1) is 0 Å². The SMILES string of the molecule is CCCO.[InH3]. The summed E-state index contributed by atoms with van der Waals surface area (Å²) in [5.41, 5.74) is 0. The molecule has 0 aliphatic carbocycles. The van der Waals surface area contributed by atoms with Crippen LogP contribution in [-0.4, -0.2) is 37.6 Å². The van der Waals surface area contributed by atoms with Crippen molar-refractivity contribution in [3.05, 3.63) is 0 Å². The van der Waals surface area contributed by atoms with E-state index in [1.54, 1.807) is 0 Å². The number of aliphatic hydroxyl groups excluding tert-OH is 1. The van der Waals surface area contributed by atoms with Crippen molar-refractivity contribution in [3.63, 3.8) is 0 Å². The standard InChI is InChI=1S/C3H8O.In.3H/c1-2-3-4;;;;/h4H,2-3H2,1H3;;;;. The van der Waals surface area contributed by atoms with Crippen LogP contribution in [0.3, 0.4) is 0 Å². The van der Waals surface area contributed by atoms with Gasteiger partial charge in [-0.05, 0) is 6.42 Å². The van der Waals surface area contributed by atoms with E-state index in [2.05, 4.69) is 0 Å². The van der Waals surface area contributed by atoms with Crippen LogP contribution in [0.2, 0.25) is 0 Å². The van der Waals surface area contributed by atoms with Crippen LogP contribution in [0.5, 0.6) is 0 Å². The molecule has 0 saturated heterocycles. The summed E-state index contributed by atoms with van der Waals surface area (Å²) >= 11 is 0. The van der Waals surface area contributed by atoms with Gasteiger partial charge in [0, 0.05) is 6.61 Å². The van der Waals surface area contributed by atoms with Gasteiger partial charge in [-0.2, -0.15) is 0 Å². The van der Waals surface area contributed by atoms with Crippen LogP contribution < -0.4 is 0 Å². The summed E-state index contributed by atoms with van der Waals surface area (Å²) in [7, 11) is 0. The molecule has 0 saturated carbocycles. The predicted molar refractivity (Wildman–Crippen MR) is 27.3 cm³/mol. The molecule has 5 heavy (non-hydrogen) atoms. The van der Waals surface area contributed by atoms with Gasteiger partial charge in [-0.25, -0.2) is 0 Å². The first-order valence-electron chi connectivity index (χ1n) is 1.52. The molecule has 0 aliphatic heterocycles. The molecule has 0 bridgehead atoms. The molecule has 0 atom stereocenters. The Kier molecular flexibility index (Phi) is 16.4. The van der Waals surface area contributed by atoms with Gasteiger partial charge in [0.15, 0.2) is 0 Å². The summed E-state index contributed by atoms with van der Waals surface area (Å²) in [6, 6.07) is 0. The van der Waals surface area contributed by atoms with Crippen LogP contribution in [-0.2, 0) is 0 Å². The zero-order valence-corrected chi connectivity index (χ0v) is 2.86. The molecule has 32 valence electrons. The van der Waals surface area contributed by atoms with E-state index in [9.17, 15) is 0 Å². The minimum absolute atomic E-state index is 0. The van der Waals surface area contributed by atoms with Gasteiger partial charge in [0.05, 0.1) is 0 Å². The van der Waals surface area contributed by atoms with Crippen molar-refractivity contribution in [2.45, 2.75) is 13.3 Å². The fourth-order valence-corrected chi connectivity index (χ4v) is 0. The quantitative estimate of drug-likeness (QED) is 0.557. The van der Waals surface area contributed by atoms with Gasteiger partial charge >= 0.3 is 25.8 Å². The Morgan fingerprint density at radius 2 is 1.80 bits per heavy atom. The fourth-order valence-electron chi connectivity index (χ4n) is 0. The number of rotatable bonds is 1. The first kappa shape index (κ1) is 9.27. The van der Waals surface area contributed by atoms with Crippen LogP contribution in [0.1, 0.15) is 13.3 Å². The van der Waals surface area contributed by atoms with Crippen molar-refractivity contribution in [1.82, 2.24) is 0 Å². The first-order chi connectivity index (χ1) is 1.91. The van der Waals surface area contributed by atoms with Crippen LogP contribution >= 0.6 is 0 Å². The van der Waals surface area contributed by atoms with E-state index in [0.717, 1.165) is 6.42 Å². The molecule has 0 radical (unpaired) electrons. The normalized spacial score (nSPS) is 6.00. The molecule has 2 heteroatoms. The molecule has 0 aromatic carbocycles. The molecular formula is C3H11InO. The van der Waals surface area contributed by atoms with Crippen molar-refractivity contribution in [2.24, 2.45) is 0 Å². The zero-order valence-electron chi connectivity index (χ0n) is 2.86. The molecule has 1 nitrogen and oxygen atoms in total. The molecule has 0 rings (SSSR count). The van der Waals surface area contributed by atoms with E-state index in [1.807, 2.05) is 6.92 Å². The summed E-state index contributed by atoms with van der Waals surface area (Å²) in [6.07, 6.45) is 0.875. The van der Waals surface area contributed by atoms with E-state index in [0.29, 0.717) is 6.61 Å². The molecule has 0 spiro atoms. The third-order valence-electron chi connectivity index (χ3n) is 0.224. The Labute approximate surface area is 51.2 Å². The number of aliphatic hydroxyl groups is 1. The molecule has 0 heterocycles.